The highest BCUT2D eigenvalue weighted by Crippen LogP contribution is 2.05. The quantitative estimate of drug-likeness (QED) is 0.789. The normalized spacial score (nSPS) is 11.9. The average molecular weight is 257 g/mol. The van der Waals surface area contributed by atoms with Gasteiger partial charge in [-0.15, -0.1) is 0 Å². The van der Waals surface area contributed by atoms with Crippen molar-refractivity contribution in [3.05, 3.63) is 23.7 Å². The highest BCUT2D eigenvalue weighted by atomic mass is 32.2. The molecular weight excluding hydrogens is 246 g/mol. The van der Waals surface area contributed by atoms with E-state index in [4.69, 9.17) is 4.52 Å². The molecule has 0 aromatic carbocycles. The van der Waals surface area contributed by atoms with Crippen molar-refractivity contribution in [1.82, 2.24) is 24.8 Å². The molecule has 2 N–H and O–H groups in total. The fourth-order valence-electron chi connectivity index (χ4n) is 1.19. The van der Waals surface area contributed by atoms with E-state index in [1.165, 1.54) is 6.20 Å². The molecule has 0 saturated heterocycles. The molecule has 2 rings (SSSR count). The molecule has 0 spiro atoms. The van der Waals surface area contributed by atoms with Crippen LogP contribution in [0.2, 0.25) is 0 Å². The van der Waals surface area contributed by atoms with Crippen LogP contribution < -0.4 is 4.72 Å². The molecule has 0 amide bonds. The molecule has 0 aliphatic heterocycles. The topological polar surface area (TPSA) is 114 Å². The van der Waals surface area contributed by atoms with Crippen molar-refractivity contribution in [2.24, 2.45) is 0 Å². The third-order valence-electron chi connectivity index (χ3n) is 1.96. The number of aryl methyl sites for hydroxylation is 2. The Morgan fingerprint density at radius 3 is 2.76 bits per heavy atom. The first-order chi connectivity index (χ1) is 7.97. The molecule has 2 heterocycles. The van der Waals surface area contributed by atoms with Gasteiger partial charge < -0.3 is 9.51 Å². The molecule has 0 aliphatic rings. The van der Waals surface area contributed by atoms with E-state index in [-0.39, 0.29) is 17.4 Å². The van der Waals surface area contributed by atoms with Gasteiger partial charge >= 0.3 is 0 Å². The van der Waals surface area contributed by atoms with E-state index < -0.39 is 10.0 Å². The number of rotatable bonds is 4. The van der Waals surface area contributed by atoms with Gasteiger partial charge in [0.1, 0.15) is 5.82 Å². The maximum absolute atomic E-state index is 11.8. The minimum Gasteiger partial charge on any atom is -0.340 e. The lowest BCUT2D eigenvalue weighted by atomic mass is 10.6. The number of hydrogen-bond acceptors (Lipinski definition) is 6. The van der Waals surface area contributed by atoms with Gasteiger partial charge in [-0.3, -0.25) is 0 Å². The minimum atomic E-state index is -3.62. The van der Waals surface area contributed by atoms with Crippen molar-refractivity contribution in [2.45, 2.75) is 25.4 Å². The number of sulfonamides is 1. The Hall–Kier alpha value is -1.74. The zero-order valence-electron chi connectivity index (χ0n) is 9.26. The highest BCUT2D eigenvalue weighted by Gasteiger charge is 2.17. The Balaban J connectivity index is 2.08. The first-order valence-corrected chi connectivity index (χ1v) is 6.26. The number of H-pyrrole nitrogens is 1. The smallest absolute Gasteiger partial charge is 0.258 e. The van der Waals surface area contributed by atoms with Gasteiger partial charge in [0, 0.05) is 6.92 Å². The average Bonchev–Trinajstić information content (AvgIpc) is 2.85. The summed E-state index contributed by atoms with van der Waals surface area (Å²) in [4.78, 5) is 10.3. The molecule has 2 aromatic heterocycles. The van der Waals surface area contributed by atoms with Gasteiger partial charge in [0.25, 0.3) is 10.0 Å². The summed E-state index contributed by atoms with van der Waals surface area (Å²) in [6, 6.07) is 0. The molecule has 8 nitrogen and oxygen atoms in total. The minimum absolute atomic E-state index is 0.00946. The van der Waals surface area contributed by atoms with E-state index in [9.17, 15) is 8.42 Å². The summed E-state index contributed by atoms with van der Waals surface area (Å²) in [5.74, 6) is 1.19. The van der Waals surface area contributed by atoms with E-state index >= 15 is 0 Å². The summed E-state index contributed by atoms with van der Waals surface area (Å²) in [5.41, 5.74) is 0. The first-order valence-electron chi connectivity index (χ1n) is 4.78. The Kier molecular flexibility index (Phi) is 2.94. The lowest BCUT2D eigenvalue weighted by molar-refractivity contribution is 0.387. The van der Waals surface area contributed by atoms with Crippen molar-refractivity contribution in [3.63, 3.8) is 0 Å². The maximum atomic E-state index is 11.8. The van der Waals surface area contributed by atoms with E-state index in [0.29, 0.717) is 11.7 Å². The monoisotopic (exact) mass is 257 g/mol. The fourth-order valence-corrected chi connectivity index (χ4v) is 2.13. The van der Waals surface area contributed by atoms with Crippen molar-refractivity contribution in [2.75, 3.05) is 0 Å². The van der Waals surface area contributed by atoms with Gasteiger partial charge in [-0.25, -0.2) is 18.1 Å². The number of aromatic nitrogens is 4. The van der Waals surface area contributed by atoms with Crippen LogP contribution in [0.4, 0.5) is 0 Å². The zero-order valence-corrected chi connectivity index (χ0v) is 10.1. The molecule has 0 radical (unpaired) electrons. The first kappa shape index (κ1) is 11.7. The zero-order chi connectivity index (χ0) is 12.5. The Morgan fingerprint density at radius 1 is 1.47 bits per heavy atom. The Morgan fingerprint density at radius 2 is 2.24 bits per heavy atom. The van der Waals surface area contributed by atoms with Gasteiger partial charge in [0.05, 0.1) is 12.7 Å². The van der Waals surface area contributed by atoms with Crippen LogP contribution in [0.3, 0.4) is 0 Å². The second-order valence-corrected chi connectivity index (χ2v) is 5.12. The third-order valence-corrected chi connectivity index (χ3v) is 3.27. The highest BCUT2D eigenvalue weighted by molar-refractivity contribution is 7.89. The van der Waals surface area contributed by atoms with Crippen molar-refractivity contribution in [3.8, 4) is 0 Å². The molecule has 0 fully saturated rings. The SMILES string of the molecule is Cc1ncc(S(=O)(=O)NCc2noc(C)n2)[nH]1. The number of hydrogen-bond donors (Lipinski definition) is 2. The molecule has 17 heavy (non-hydrogen) atoms. The van der Waals surface area contributed by atoms with Crippen LogP contribution in [0.15, 0.2) is 15.7 Å². The summed E-state index contributed by atoms with van der Waals surface area (Å²) in [6.45, 7) is 3.27. The van der Waals surface area contributed by atoms with Crippen molar-refractivity contribution in [1.29, 1.82) is 0 Å². The molecule has 0 unspecified atom stereocenters. The van der Waals surface area contributed by atoms with Crippen molar-refractivity contribution >= 4 is 10.0 Å². The maximum Gasteiger partial charge on any atom is 0.258 e. The molecule has 0 atom stereocenters. The summed E-state index contributed by atoms with van der Waals surface area (Å²) in [6.07, 6.45) is 1.25. The van der Waals surface area contributed by atoms with Gasteiger partial charge in [0.2, 0.25) is 5.89 Å². The predicted molar refractivity (Wildman–Crippen MR) is 56.4 cm³/mol. The van der Waals surface area contributed by atoms with Crippen LogP contribution in [-0.4, -0.2) is 28.5 Å². The van der Waals surface area contributed by atoms with Crippen LogP contribution in [0.1, 0.15) is 17.5 Å². The largest absolute Gasteiger partial charge is 0.340 e. The van der Waals surface area contributed by atoms with Crippen LogP contribution in [0, 0.1) is 13.8 Å². The van der Waals surface area contributed by atoms with Gasteiger partial charge in [0.15, 0.2) is 10.9 Å². The van der Waals surface area contributed by atoms with Gasteiger partial charge in [-0.2, -0.15) is 4.98 Å². The molecule has 2 aromatic rings. The summed E-state index contributed by atoms with van der Waals surface area (Å²) in [5, 5.41) is 3.59. The van der Waals surface area contributed by atoms with Gasteiger partial charge in [-0.1, -0.05) is 5.16 Å². The van der Waals surface area contributed by atoms with E-state index in [2.05, 4.69) is 24.8 Å². The van der Waals surface area contributed by atoms with Crippen LogP contribution in [-0.2, 0) is 16.6 Å². The third kappa shape index (κ3) is 2.68. The summed E-state index contributed by atoms with van der Waals surface area (Å²) in [7, 11) is -3.62. The van der Waals surface area contributed by atoms with E-state index in [0.717, 1.165) is 0 Å². The molecule has 92 valence electrons. The molecule has 0 bridgehead atoms. The van der Waals surface area contributed by atoms with Crippen LogP contribution in [0.5, 0.6) is 0 Å². The van der Waals surface area contributed by atoms with E-state index in [1.54, 1.807) is 13.8 Å². The molecule has 0 aliphatic carbocycles. The summed E-state index contributed by atoms with van der Waals surface area (Å²) >= 11 is 0. The molecule has 0 saturated carbocycles. The fraction of sp³-hybridized carbons (Fsp3) is 0.375. The van der Waals surface area contributed by atoms with Gasteiger partial charge in [-0.05, 0) is 6.92 Å². The number of nitrogens with one attached hydrogen (secondary N) is 2. The lowest BCUT2D eigenvalue weighted by Crippen LogP contribution is -2.24. The Labute approximate surface area is 97.5 Å². The number of nitrogens with zero attached hydrogens (tertiary/aromatic N) is 3. The predicted octanol–water partition coefficient (Wildman–Crippen LogP) is -0.112. The molecule has 9 heteroatoms. The second-order valence-electron chi connectivity index (χ2n) is 3.39. The van der Waals surface area contributed by atoms with Crippen LogP contribution >= 0.6 is 0 Å². The summed E-state index contributed by atoms with van der Waals surface area (Å²) < 4.78 is 30.6. The lowest BCUT2D eigenvalue weighted by Gasteiger charge is -2.00. The van der Waals surface area contributed by atoms with Crippen LogP contribution in [0.25, 0.3) is 0 Å². The number of imidazole rings is 1. The second kappa shape index (κ2) is 4.26. The standard InChI is InChI=1S/C8H11N5O3S/c1-5-9-4-8(11-5)17(14,15)10-3-7-12-6(2)16-13-7/h4,10H,3H2,1-2H3,(H,9,11). The van der Waals surface area contributed by atoms with Crippen molar-refractivity contribution < 1.29 is 12.9 Å². The van der Waals surface area contributed by atoms with E-state index in [1.807, 2.05) is 0 Å². The molecular formula is C8H11N5O3S. The number of aromatic amines is 1. The Bertz CT molecular complexity index is 615.